The number of hydrogen-bond acceptors (Lipinski definition) is 6. The molecule has 8 nitrogen and oxygen atoms in total. The first-order valence-corrected chi connectivity index (χ1v) is 9.06. The van der Waals surface area contributed by atoms with Crippen LogP contribution in [0.1, 0.15) is 45.2 Å². The molecular formula is C21H22N2O6. The first-order valence-electron chi connectivity index (χ1n) is 9.06. The average molecular weight is 398 g/mol. The quantitative estimate of drug-likeness (QED) is 0.228. The van der Waals surface area contributed by atoms with Crippen LogP contribution in [0.3, 0.4) is 0 Å². The van der Waals surface area contributed by atoms with E-state index < -0.39 is 17.5 Å². The van der Waals surface area contributed by atoms with Gasteiger partial charge < -0.3 is 10.1 Å². The second-order valence-electron chi connectivity index (χ2n) is 6.54. The highest BCUT2D eigenvalue weighted by atomic mass is 16.6. The molecule has 1 amide bonds. The van der Waals surface area contributed by atoms with E-state index in [-0.39, 0.29) is 22.9 Å². The second kappa shape index (κ2) is 10.1. The summed E-state index contributed by atoms with van der Waals surface area (Å²) in [5.41, 5.74) is 1.85. The van der Waals surface area contributed by atoms with Gasteiger partial charge in [0.15, 0.2) is 12.4 Å². The third-order valence-corrected chi connectivity index (χ3v) is 4.26. The zero-order chi connectivity index (χ0) is 21.4. The van der Waals surface area contributed by atoms with E-state index in [9.17, 15) is 24.5 Å². The van der Waals surface area contributed by atoms with Crippen LogP contribution in [0.15, 0.2) is 42.5 Å². The fourth-order valence-electron chi connectivity index (χ4n) is 2.70. The van der Waals surface area contributed by atoms with Gasteiger partial charge in [0.2, 0.25) is 5.91 Å². The van der Waals surface area contributed by atoms with Gasteiger partial charge in [-0.15, -0.1) is 0 Å². The first-order chi connectivity index (χ1) is 13.8. The third-order valence-electron chi connectivity index (χ3n) is 4.26. The number of carbonyl (C=O) groups is 3. The predicted octanol–water partition coefficient (Wildman–Crippen LogP) is 3.01. The molecule has 8 heteroatoms. The number of benzene rings is 2. The third kappa shape index (κ3) is 6.53. The summed E-state index contributed by atoms with van der Waals surface area (Å²) >= 11 is 0. The van der Waals surface area contributed by atoms with E-state index in [1.807, 2.05) is 12.1 Å². The molecule has 0 bridgehead atoms. The molecule has 0 unspecified atom stereocenters. The number of nitro benzene ring substituents is 1. The zero-order valence-electron chi connectivity index (χ0n) is 16.3. The normalized spacial score (nSPS) is 10.3. The number of Topliss-reactive ketones (excluding diaryl/α,β-unsaturated/α-hetero) is 1. The molecule has 0 aliphatic heterocycles. The van der Waals surface area contributed by atoms with E-state index in [0.29, 0.717) is 17.7 Å². The van der Waals surface area contributed by atoms with Gasteiger partial charge in [-0.1, -0.05) is 24.3 Å². The Labute approximate surface area is 168 Å². The lowest BCUT2D eigenvalue weighted by Crippen LogP contribution is -2.21. The Kier molecular flexibility index (Phi) is 7.59. The molecule has 0 heterocycles. The Balaban J connectivity index is 1.87. The van der Waals surface area contributed by atoms with Crippen molar-refractivity contribution in [2.45, 2.75) is 26.7 Å². The molecule has 0 aliphatic carbocycles. The molecule has 0 aromatic heterocycles. The highest BCUT2D eigenvalue weighted by Gasteiger charge is 2.16. The van der Waals surface area contributed by atoms with Gasteiger partial charge in [0, 0.05) is 30.7 Å². The second-order valence-corrected chi connectivity index (χ2v) is 6.54. The number of aryl methyl sites for hydroxylation is 2. The Morgan fingerprint density at radius 2 is 1.72 bits per heavy atom. The SMILES string of the molecule is CC(=O)NCCCc1ccc(C(=O)COC(=O)c2ccc([N+](=O)[O-])c(C)c2)cc1. The van der Waals surface area contributed by atoms with E-state index in [2.05, 4.69) is 5.32 Å². The zero-order valence-corrected chi connectivity index (χ0v) is 16.3. The number of esters is 1. The van der Waals surface area contributed by atoms with E-state index in [4.69, 9.17) is 4.74 Å². The molecule has 0 aliphatic rings. The molecular weight excluding hydrogens is 376 g/mol. The summed E-state index contributed by atoms with van der Waals surface area (Å²) in [6, 6.07) is 10.9. The molecule has 0 fully saturated rings. The number of ketones is 1. The van der Waals surface area contributed by atoms with Crippen LogP contribution in [0, 0.1) is 17.0 Å². The summed E-state index contributed by atoms with van der Waals surface area (Å²) in [5, 5.41) is 13.6. The van der Waals surface area contributed by atoms with Crippen LogP contribution in [-0.2, 0) is 16.0 Å². The molecule has 29 heavy (non-hydrogen) atoms. The van der Waals surface area contributed by atoms with Crippen molar-refractivity contribution in [1.29, 1.82) is 0 Å². The largest absolute Gasteiger partial charge is 0.454 e. The van der Waals surface area contributed by atoms with Crippen LogP contribution in [0.2, 0.25) is 0 Å². The monoisotopic (exact) mass is 398 g/mol. The number of hydrogen-bond donors (Lipinski definition) is 1. The molecule has 0 saturated heterocycles. The number of carbonyl (C=O) groups excluding carboxylic acids is 3. The molecule has 1 N–H and O–H groups in total. The Bertz CT molecular complexity index is 921. The minimum Gasteiger partial charge on any atom is -0.454 e. The molecule has 2 aromatic carbocycles. The highest BCUT2D eigenvalue weighted by molar-refractivity contribution is 5.99. The van der Waals surface area contributed by atoms with Crippen LogP contribution < -0.4 is 5.32 Å². The Hall–Kier alpha value is -3.55. The van der Waals surface area contributed by atoms with Crippen molar-refractivity contribution in [3.63, 3.8) is 0 Å². The lowest BCUT2D eigenvalue weighted by Gasteiger charge is -2.07. The Morgan fingerprint density at radius 3 is 2.31 bits per heavy atom. The van der Waals surface area contributed by atoms with Crippen LogP contribution in [-0.4, -0.2) is 35.7 Å². The molecule has 2 rings (SSSR count). The van der Waals surface area contributed by atoms with Gasteiger partial charge in [-0.2, -0.15) is 0 Å². The summed E-state index contributed by atoms with van der Waals surface area (Å²) in [6.45, 7) is 3.17. The molecule has 2 aromatic rings. The molecule has 0 saturated carbocycles. The number of ether oxygens (including phenoxy) is 1. The molecule has 0 atom stereocenters. The van der Waals surface area contributed by atoms with Crippen molar-refractivity contribution in [2.24, 2.45) is 0 Å². The number of nitrogens with one attached hydrogen (secondary N) is 1. The predicted molar refractivity (Wildman–Crippen MR) is 106 cm³/mol. The van der Waals surface area contributed by atoms with Crippen LogP contribution in [0.25, 0.3) is 0 Å². The standard InChI is InChI=1S/C21H22N2O6/c1-14-12-18(9-10-19(14)23(27)28)21(26)29-13-20(25)17-7-5-16(6-8-17)4-3-11-22-15(2)24/h5-10,12H,3-4,11,13H2,1-2H3,(H,22,24). The Morgan fingerprint density at radius 1 is 1.07 bits per heavy atom. The van der Waals surface area contributed by atoms with Crippen LogP contribution in [0.5, 0.6) is 0 Å². The van der Waals surface area contributed by atoms with E-state index in [1.165, 1.54) is 32.0 Å². The highest BCUT2D eigenvalue weighted by Crippen LogP contribution is 2.19. The number of nitro groups is 1. The van der Waals surface area contributed by atoms with Crippen molar-refractivity contribution < 1.29 is 24.0 Å². The topological polar surface area (TPSA) is 116 Å². The first kappa shape index (κ1) is 21.7. The fraction of sp³-hybridized carbons (Fsp3) is 0.286. The van der Waals surface area contributed by atoms with Crippen molar-refractivity contribution in [2.75, 3.05) is 13.2 Å². The van der Waals surface area contributed by atoms with Gasteiger partial charge in [-0.05, 0) is 37.5 Å². The van der Waals surface area contributed by atoms with Crippen LogP contribution >= 0.6 is 0 Å². The summed E-state index contributed by atoms with van der Waals surface area (Å²) in [4.78, 5) is 45.4. The van der Waals surface area contributed by atoms with Gasteiger partial charge in [0.1, 0.15) is 0 Å². The van der Waals surface area contributed by atoms with E-state index >= 15 is 0 Å². The molecule has 0 spiro atoms. The number of rotatable bonds is 9. The van der Waals surface area contributed by atoms with Crippen LogP contribution in [0.4, 0.5) is 5.69 Å². The summed E-state index contributed by atoms with van der Waals surface area (Å²) < 4.78 is 5.03. The van der Waals surface area contributed by atoms with Gasteiger partial charge in [-0.25, -0.2) is 4.79 Å². The maximum atomic E-state index is 12.2. The average Bonchev–Trinajstić information content (AvgIpc) is 2.69. The van der Waals surface area contributed by atoms with Gasteiger partial charge in [0.05, 0.1) is 10.5 Å². The van der Waals surface area contributed by atoms with Gasteiger partial charge in [-0.3, -0.25) is 19.7 Å². The smallest absolute Gasteiger partial charge is 0.338 e. The minimum absolute atomic E-state index is 0.0654. The number of amides is 1. The fourth-order valence-corrected chi connectivity index (χ4v) is 2.70. The van der Waals surface area contributed by atoms with Crippen molar-refractivity contribution >= 4 is 23.3 Å². The lowest BCUT2D eigenvalue weighted by molar-refractivity contribution is -0.385. The maximum Gasteiger partial charge on any atom is 0.338 e. The van der Waals surface area contributed by atoms with Crippen molar-refractivity contribution in [3.05, 3.63) is 74.8 Å². The van der Waals surface area contributed by atoms with E-state index in [1.54, 1.807) is 12.1 Å². The maximum absolute atomic E-state index is 12.2. The molecule has 0 radical (unpaired) electrons. The number of nitrogens with zero attached hydrogens (tertiary/aromatic N) is 1. The van der Waals surface area contributed by atoms with Crippen molar-refractivity contribution in [1.82, 2.24) is 5.32 Å². The van der Waals surface area contributed by atoms with Gasteiger partial charge >= 0.3 is 5.97 Å². The van der Waals surface area contributed by atoms with Crippen molar-refractivity contribution in [3.8, 4) is 0 Å². The lowest BCUT2D eigenvalue weighted by atomic mass is 10.1. The summed E-state index contributed by atoms with van der Waals surface area (Å²) in [7, 11) is 0. The summed E-state index contributed by atoms with van der Waals surface area (Å²) in [6.07, 6.45) is 1.56. The minimum atomic E-state index is -0.717. The molecule has 152 valence electrons. The van der Waals surface area contributed by atoms with Gasteiger partial charge in [0.25, 0.3) is 5.69 Å². The van der Waals surface area contributed by atoms with E-state index in [0.717, 1.165) is 18.4 Å². The summed E-state index contributed by atoms with van der Waals surface area (Å²) in [5.74, 6) is -1.13.